The number of aromatic nitrogens is 2. The summed E-state index contributed by atoms with van der Waals surface area (Å²) in [5.41, 5.74) is 0.755. The summed E-state index contributed by atoms with van der Waals surface area (Å²) in [4.78, 5) is 7.69. The van der Waals surface area contributed by atoms with Crippen LogP contribution in [0.3, 0.4) is 0 Å². The number of rotatable bonds is 5. The molecule has 0 spiro atoms. The summed E-state index contributed by atoms with van der Waals surface area (Å²) in [6, 6.07) is 11.9. The van der Waals surface area contributed by atoms with Crippen LogP contribution in [0.25, 0.3) is 11.1 Å². The fraction of sp³-hybridized carbons (Fsp3) is 0.154. The highest BCUT2D eigenvalue weighted by atomic mass is 32.2. The third-order valence-electron chi connectivity index (χ3n) is 6.27. The lowest BCUT2D eigenvalue weighted by Gasteiger charge is -2.20. The average molecular weight is 532 g/mol. The van der Waals surface area contributed by atoms with E-state index in [2.05, 4.69) is 14.7 Å². The standard InChI is InChI=1S/C26H18F5N3O2S/c27-17-4-8-22(24(28)14-17)23-13-16(26(29,30)31)3-7-21(23)20-6-2-15-12-18(5-9-19(15)20)37(35,36)34-25-32-10-1-11-33-25/h1,3-5,7-14,20H,2,6H2,(H,32,33,34)/t20-/m0/s1. The molecule has 0 amide bonds. The van der Waals surface area contributed by atoms with Crippen LogP contribution in [-0.4, -0.2) is 18.4 Å². The van der Waals surface area contributed by atoms with Gasteiger partial charge in [-0.05, 0) is 77.6 Å². The van der Waals surface area contributed by atoms with E-state index in [4.69, 9.17) is 0 Å². The van der Waals surface area contributed by atoms with Crippen molar-refractivity contribution in [3.05, 3.63) is 107 Å². The van der Waals surface area contributed by atoms with Gasteiger partial charge in [0, 0.05) is 29.9 Å². The third-order valence-corrected chi connectivity index (χ3v) is 7.60. The van der Waals surface area contributed by atoms with Gasteiger partial charge in [0.2, 0.25) is 5.95 Å². The molecule has 0 unspecified atom stereocenters. The number of hydrogen-bond acceptors (Lipinski definition) is 4. The molecule has 0 aliphatic heterocycles. The Balaban J connectivity index is 1.55. The lowest BCUT2D eigenvalue weighted by Crippen LogP contribution is -2.15. The van der Waals surface area contributed by atoms with Crippen LogP contribution >= 0.6 is 0 Å². The Hall–Kier alpha value is -3.86. The third kappa shape index (κ3) is 4.91. The highest BCUT2D eigenvalue weighted by Gasteiger charge is 2.34. The molecule has 4 aromatic rings. The number of anilines is 1. The molecular weight excluding hydrogens is 513 g/mol. The Morgan fingerprint density at radius 2 is 1.59 bits per heavy atom. The lowest BCUT2D eigenvalue weighted by atomic mass is 9.85. The lowest BCUT2D eigenvalue weighted by molar-refractivity contribution is -0.137. The fourth-order valence-electron chi connectivity index (χ4n) is 4.59. The van der Waals surface area contributed by atoms with Crippen LogP contribution in [0, 0.1) is 11.6 Å². The summed E-state index contributed by atoms with van der Waals surface area (Å²) in [7, 11) is -3.98. The van der Waals surface area contributed by atoms with Crippen molar-refractivity contribution in [1.82, 2.24) is 9.97 Å². The quantitative estimate of drug-likeness (QED) is 0.306. The SMILES string of the molecule is O=S(=O)(Nc1ncccn1)c1ccc2c(c1)CC[C@@H]2c1ccc(C(F)(F)F)cc1-c1ccc(F)cc1F. The number of fused-ring (bicyclic) bond motifs is 1. The molecule has 0 radical (unpaired) electrons. The van der Waals surface area contributed by atoms with E-state index >= 15 is 0 Å². The van der Waals surface area contributed by atoms with E-state index in [1.54, 1.807) is 12.1 Å². The second kappa shape index (κ2) is 9.22. The van der Waals surface area contributed by atoms with Crippen molar-refractivity contribution < 1.29 is 30.4 Å². The first kappa shape index (κ1) is 24.8. The Bertz CT molecular complexity index is 1590. The van der Waals surface area contributed by atoms with Gasteiger partial charge < -0.3 is 0 Å². The van der Waals surface area contributed by atoms with Crippen molar-refractivity contribution in [3.63, 3.8) is 0 Å². The summed E-state index contributed by atoms with van der Waals surface area (Å²) < 4.78 is 96.6. The highest BCUT2D eigenvalue weighted by molar-refractivity contribution is 7.92. The number of halogens is 5. The molecule has 0 bridgehead atoms. The van der Waals surface area contributed by atoms with Crippen LogP contribution < -0.4 is 4.72 Å². The Morgan fingerprint density at radius 1 is 0.865 bits per heavy atom. The molecule has 0 saturated heterocycles. The second-order valence-electron chi connectivity index (χ2n) is 8.55. The smallest absolute Gasteiger partial charge is 0.247 e. The number of aryl methyl sites for hydroxylation is 1. The molecule has 5 rings (SSSR count). The van der Waals surface area contributed by atoms with E-state index in [1.165, 1.54) is 30.6 Å². The monoisotopic (exact) mass is 531 g/mol. The summed E-state index contributed by atoms with van der Waals surface area (Å²) in [6.07, 6.45) is -0.948. The topological polar surface area (TPSA) is 72.0 Å². The van der Waals surface area contributed by atoms with E-state index in [1.807, 2.05) is 0 Å². The van der Waals surface area contributed by atoms with E-state index < -0.39 is 39.3 Å². The molecular formula is C26H18F5N3O2S. The van der Waals surface area contributed by atoms with E-state index in [9.17, 15) is 30.4 Å². The molecule has 1 heterocycles. The van der Waals surface area contributed by atoms with Gasteiger partial charge in [-0.2, -0.15) is 13.2 Å². The Labute approximate surface area is 209 Å². The minimum absolute atomic E-state index is 0.00441. The molecule has 1 N–H and O–H groups in total. The number of nitrogens with zero attached hydrogens (tertiary/aromatic N) is 2. The van der Waals surface area contributed by atoms with Crippen LogP contribution in [-0.2, 0) is 22.6 Å². The predicted molar refractivity (Wildman–Crippen MR) is 126 cm³/mol. The van der Waals surface area contributed by atoms with Gasteiger partial charge in [-0.3, -0.25) is 0 Å². The largest absolute Gasteiger partial charge is 0.416 e. The minimum Gasteiger partial charge on any atom is -0.247 e. The van der Waals surface area contributed by atoms with Gasteiger partial charge in [0.1, 0.15) is 11.6 Å². The predicted octanol–water partition coefficient (Wildman–Crippen LogP) is 6.32. The van der Waals surface area contributed by atoms with Crippen LogP contribution in [0.1, 0.15) is 34.6 Å². The zero-order valence-corrected chi connectivity index (χ0v) is 19.7. The summed E-state index contributed by atoms with van der Waals surface area (Å²) >= 11 is 0. The number of alkyl halides is 3. The van der Waals surface area contributed by atoms with Crippen molar-refractivity contribution in [2.75, 3.05) is 4.72 Å². The first-order valence-corrected chi connectivity index (χ1v) is 12.6. The number of sulfonamides is 1. The van der Waals surface area contributed by atoms with Crippen LogP contribution in [0.4, 0.5) is 27.9 Å². The second-order valence-corrected chi connectivity index (χ2v) is 10.2. The molecule has 1 aliphatic carbocycles. The minimum atomic E-state index is -4.66. The van der Waals surface area contributed by atoms with Crippen LogP contribution in [0.2, 0.25) is 0 Å². The molecule has 0 fully saturated rings. The zero-order valence-electron chi connectivity index (χ0n) is 18.9. The van der Waals surface area contributed by atoms with E-state index in [0.717, 1.165) is 29.8 Å². The fourth-order valence-corrected chi connectivity index (χ4v) is 5.60. The normalized spacial score (nSPS) is 15.4. The first-order valence-electron chi connectivity index (χ1n) is 11.1. The molecule has 11 heteroatoms. The number of hydrogen-bond donors (Lipinski definition) is 1. The maximum atomic E-state index is 14.7. The molecule has 190 valence electrons. The van der Waals surface area contributed by atoms with Crippen molar-refractivity contribution >= 4 is 16.0 Å². The summed E-state index contributed by atoms with van der Waals surface area (Å²) in [6.45, 7) is 0. The van der Waals surface area contributed by atoms with Crippen molar-refractivity contribution in [2.24, 2.45) is 0 Å². The Kier molecular flexibility index (Phi) is 6.18. The van der Waals surface area contributed by atoms with Gasteiger partial charge in [0.05, 0.1) is 10.5 Å². The number of nitrogens with one attached hydrogen (secondary N) is 1. The molecule has 1 atom stereocenters. The van der Waals surface area contributed by atoms with E-state index in [-0.39, 0.29) is 22.0 Å². The van der Waals surface area contributed by atoms with Crippen LogP contribution in [0.5, 0.6) is 0 Å². The molecule has 0 saturated carbocycles. The first-order chi connectivity index (χ1) is 17.5. The molecule has 37 heavy (non-hydrogen) atoms. The maximum absolute atomic E-state index is 14.7. The molecule has 1 aliphatic rings. The molecule has 5 nitrogen and oxygen atoms in total. The maximum Gasteiger partial charge on any atom is 0.416 e. The van der Waals surface area contributed by atoms with Gasteiger partial charge in [0.25, 0.3) is 10.0 Å². The van der Waals surface area contributed by atoms with Gasteiger partial charge in [-0.25, -0.2) is 31.9 Å². The van der Waals surface area contributed by atoms with Gasteiger partial charge in [-0.1, -0.05) is 12.1 Å². The highest BCUT2D eigenvalue weighted by Crippen LogP contribution is 2.45. The van der Waals surface area contributed by atoms with Crippen molar-refractivity contribution in [2.45, 2.75) is 29.8 Å². The number of benzene rings is 3. The summed E-state index contributed by atoms with van der Waals surface area (Å²) in [5.74, 6) is -2.32. The molecule has 1 aromatic heterocycles. The van der Waals surface area contributed by atoms with E-state index in [0.29, 0.717) is 30.0 Å². The van der Waals surface area contributed by atoms with Gasteiger partial charge in [-0.15, -0.1) is 0 Å². The molecule has 3 aromatic carbocycles. The van der Waals surface area contributed by atoms with Gasteiger partial charge in [0.15, 0.2) is 0 Å². The summed E-state index contributed by atoms with van der Waals surface area (Å²) in [5, 5.41) is 0. The Morgan fingerprint density at radius 3 is 2.30 bits per heavy atom. The zero-order chi connectivity index (χ0) is 26.4. The van der Waals surface area contributed by atoms with Crippen molar-refractivity contribution in [1.29, 1.82) is 0 Å². The van der Waals surface area contributed by atoms with Crippen LogP contribution in [0.15, 0.2) is 78.0 Å². The van der Waals surface area contributed by atoms with Crippen molar-refractivity contribution in [3.8, 4) is 11.1 Å². The van der Waals surface area contributed by atoms with Gasteiger partial charge >= 0.3 is 6.18 Å². The average Bonchev–Trinajstić information content (AvgIpc) is 3.27.